The van der Waals surface area contributed by atoms with E-state index in [1.54, 1.807) is 0 Å². The van der Waals surface area contributed by atoms with Crippen LogP contribution in [0.3, 0.4) is 0 Å². The predicted octanol–water partition coefficient (Wildman–Crippen LogP) is 8.33. The summed E-state index contributed by atoms with van der Waals surface area (Å²) in [6.07, 6.45) is 25.0. The van der Waals surface area contributed by atoms with E-state index in [1.807, 2.05) is 0 Å². The molecule has 0 saturated carbocycles. The van der Waals surface area contributed by atoms with E-state index >= 15 is 0 Å². The minimum absolute atomic E-state index is 0.155. The number of hydrogen-bond acceptors (Lipinski definition) is 8. The minimum Gasteiger partial charge on any atom is -0.350 e. The van der Waals surface area contributed by atoms with Gasteiger partial charge < -0.3 is 37.9 Å². The Kier molecular flexibility index (Phi) is 12.9. The Labute approximate surface area is 267 Å². The lowest BCUT2D eigenvalue weighted by molar-refractivity contribution is -0.253. The molecule has 8 saturated heterocycles. The summed E-state index contributed by atoms with van der Waals surface area (Å²) in [6.45, 7) is 12.1. The van der Waals surface area contributed by atoms with Gasteiger partial charge in [-0.1, -0.05) is 0 Å². The summed E-state index contributed by atoms with van der Waals surface area (Å²) in [5, 5.41) is 0. The van der Waals surface area contributed by atoms with Gasteiger partial charge in [0.15, 0.2) is 23.1 Å². The molecule has 4 spiro atoms. The summed E-state index contributed by atoms with van der Waals surface area (Å²) in [7, 11) is 0. The molecule has 8 rings (SSSR count). The molecule has 8 aliphatic rings. The maximum absolute atomic E-state index is 5.81. The van der Waals surface area contributed by atoms with Crippen molar-refractivity contribution in [3.05, 3.63) is 0 Å². The lowest BCUT2D eigenvalue weighted by atomic mass is 10.00. The van der Waals surface area contributed by atoms with E-state index in [1.165, 1.54) is 77.0 Å². The van der Waals surface area contributed by atoms with Crippen molar-refractivity contribution >= 4 is 0 Å². The van der Waals surface area contributed by atoms with Gasteiger partial charge in [-0.15, -0.1) is 0 Å². The predicted molar refractivity (Wildman–Crippen MR) is 169 cm³/mol. The summed E-state index contributed by atoms with van der Waals surface area (Å²) in [6, 6.07) is 0. The Morgan fingerprint density at radius 2 is 0.523 bits per heavy atom. The Balaban J connectivity index is 0.000000116. The van der Waals surface area contributed by atoms with E-state index in [0.29, 0.717) is 24.4 Å². The van der Waals surface area contributed by atoms with Crippen molar-refractivity contribution in [2.24, 2.45) is 0 Å². The minimum atomic E-state index is -0.155. The Morgan fingerprint density at radius 3 is 0.682 bits per heavy atom. The van der Waals surface area contributed by atoms with Crippen molar-refractivity contribution in [3.63, 3.8) is 0 Å². The molecule has 8 fully saturated rings. The lowest BCUT2D eigenvalue weighted by Crippen LogP contribution is -2.38. The molecule has 8 heteroatoms. The Bertz CT molecular complexity index is 690. The number of ether oxygens (including phenoxy) is 8. The summed E-state index contributed by atoms with van der Waals surface area (Å²) in [4.78, 5) is 0. The molecule has 0 aromatic carbocycles. The lowest BCUT2D eigenvalue weighted by Gasteiger charge is -2.36. The van der Waals surface area contributed by atoms with Crippen molar-refractivity contribution in [1.29, 1.82) is 0 Å². The molecule has 0 amide bonds. The van der Waals surface area contributed by atoms with Crippen LogP contribution in [0, 0.1) is 0 Å². The van der Waals surface area contributed by atoms with Crippen LogP contribution in [0.25, 0.3) is 0 Å². The molecule has 0 unspecified atom stereocenters. The first-order chi connectivity index (χ1) is 21.2. The van der Waals surface area contributed by atoms with Gasteiger partial charge in [-0.25, -0.2) is 0 Å². The third-order valence-electron chi connectivity index (χ3n) is 10.6. The largest absolute Gasteiger partial charge is 0.350 e. The molecule has 0 aromatic rings. The molecular formula is C36H64O8. The summed E-state index contributed by atoms with van der Waals surface area (Å²) in [5.74, 6) is -0.620. The van der Waals surface area contributed by atoms with E-state index in [0.717, 1.165) is 77.8 Å². The maximum atomic E-state index is 5.81. The Hall–Kier alpha value is -0.320. The number of hydrogen-bond donors (Lipinski definition) is 0. The van der Waals surface area contributed by atoms with Gasteiger partial charge in [-0.2, -0.15) is 0 Å². The van der Waals surface area contributed by atoms with Crippen LogP contribution in [-0.2, 0) is 37.9 Å². The molecule has 8 heterocycles. The van der Waals surface area contributed by atoms with Crippen LogP contribution in [0.4, 0.5) is 0 Å². The van der Waals surface area contributed by atoms with Crippen LogP contribution in [0.15, 0.2) is 0 Å². The van der Waals surface area contributed by atoms with Crippen LogP contribution in [0.2, 0.25) is 0 Å². The summed E-state index contributed by atoms with van der Waals surface area (Å²) in [5.41, 5.74) is 0. The van der Waals surface area contributed by atoms with Crippen molar-refractivity contribution in [3.8, 4) is 0 Å². The molecule has 0 N–H and O–H groups in total. The molecule has 0 aliphatic carbocycles. The normalized spacial score (nSPS) is 45.0. The second-order valence-corrected chi connectivity index (χ2v) is 14.7. The molecule has 256 valence electrons. The average Bonchev–Trinajstić information content (AvgIpc) is 3.81. The fourth-order valence-electron chi connectivity index (χ4n) is 8.42. The standard InChI is InChI=1S/4C9H16O2/c4*1-8-4-2-5-9(11-8)6-3-7-10-9/h4*8H,2-7H2,1H3/t2*8-,9+;2*8-,9-/m1010/s1. The van der Waals surface area contributed by atoms with E-state index in [2.05, 4.69) is 27.7 Å². The monoisotopic (exact) mass is 624 g/mol. The molecule has 8 aliphatic heterocycles. The van der Waals surface area contributed by atoms with Gasteiger partial charge in [-0.3, -0.25) is 0 Å². The second kappa shape index (κ2) is 16.2. The highest BCUT2D eigenvalue weighted by Gasteiger charge is 2.42. The first-order valence-corrected chi connectivity index (χ1v) is 18.5. The van der Waals surface area contributed by atoms with E-state index in [-0.39, 0.29) is 23.1 Å². The van der Waals surface area contributed by atoms with Crippen molar-refractivity contribution in [2.75, 3.05) is 26.4 Å². The van der Waals surface area contributed by atoms with Gasteiger partial charge in [0.1, 0.15) is 0 Å². The molecule has 0 radical (unpaired) electrons. The molecule has 0 aromatic heterocycles. The SMILES string of the molecule is C[C@@H]1CCC[C@@]2(CCCO2)O1.C[C@@H]1CCC[C@]2(CCCO2)O1.C[C@H]1CCC[C@@]2(CCCO2)O1.C[C@H]1CCC[C@]2(CCCO2)O1. The summed E-state index contributed by atoms with van der Waals surface area (Å²) < 4.78 is 45.8. The first kappa shape index (κ1) is 35.0. The van der Waals surface area contributed by atoms with Crippen LogP contribution in [0.1, 0.15) is 156 Å². The summed E-state index contributed by atoms with van der Waals surface area (Å²) >= 11 is 0. The highest BCUT2D eigenvalue weighted by molar-refractivity contribution is 4.83. The fourth-order valence-corrected chi connectivity index (χ4v) is 8.42. The fraction of sp³-hybridized carbons (Fsp3) is 1.00. The average molecular weight is 625 g/mol. The zero-order valence-electron chi connectivity index (χ0n) is 28.5. The zero-order valence-corrected chi connectivity index (χ0v) is 28.5. The van der Waals surface area contributed by atoms with Crippen molar-refractivity contribution in [1.82, 2.24) is 0 Å². The van der Waals surface area contributed by atoms with E-state index < -0.39 is 0 Å². The molecule has 8 atom stereocenters. The van der Waals surface area contributed by atoms with Gasteiger partial charge in [0.2, 0.25) is 0 Å². The van der Waals surface area contributed by atoms with Crippen LogP contribution in [-0.4, -0.2) is 74.0 Å². The molecule has 44 heavy (non-hydrogen) atoms. The van der Waals surface area contributed by atoms with Gasteiger partial charge in [-0.05, 0) is 105 Å². The van der Waals surface area contributed by atoms with Crippen LogP contribution < -0.4 is 0 Å². The van der Waals surface area contributed by atoms with Gasteiger partial charge in [0.25, 0.3) is 0 Å². The van der Waals surface area contributed by atoms with Gasteiger partial charge in [0, 0.05) is 51.4 Å². The number of rotatable bonds is 0. The van der Waals surface area contributed by atoms with Crippen LogP contribution >= 0.6 is 0 Å². The quantitative estimate of drug-likeness (QED) is 0.266. The molecule has 0 bridgehead atoms. The second-order valence-electron chi connectivity index (χ2n) is 14.7. The molecular weight excluding hydrogens is 560 g/mol. The van der Waals surface area contributed by atoms with E-state index in [9.17, 15) is 0 Å². The van der Waals surface area contributed by atoms with Crippen molar-refractivity contribution in [2.45, 2.75) is 204 Å². The van der Waals surface area contributed by atoms with Gasteiger partial charge in [0.05, 0.1) is 50.8 Å². The maximum Gasteiger partial charge on any atom is 0.168 e. The smallest absolute Gasteiger partial charge is 0.168 e. The topological polar surface area (TPSA) is 73.8 Å². The molecule has 8 nitrogen and oxygen atoms in total. The zero-order chi connectivity index (χ0) is 30.9. The first-order valence-electron chi connectivity index (χ1n) is 18.5. The third-order valence-corrected chi connectivity index (χ3v) is 10.6. The third kappa shape index (κ3) is 9.85. The van der Waals surface area contributed by atoms with Gasteiger partial charge >= 0.3 is 0 Å². The van der Waals surface area contributed by atoms with E-state index in [4.69, 9.17) is 37.9 Å². The Morgan fingerprint density at radius 1 is 0.318 bits per heavy atom. The highest BCUT2D eigenvalue weighted by Crippen LogP contribution is 2.40. The van der Waals surface area contributed by atoms with Crippen LogP contribution in [0.5, 0.6) is 0 Å². The van der Waals surface area contributed by atoms with Crippen molar-refractivity contribution < 1.29 is 37.9 Å². The highest BCUT2D eigenvalue weighted by atomic mass is 16.7.